The number of esters is 1. The minimum atomic E-state index is -0.451. The van der Waals surface area contributed by atoms with Gasteiger partial charge in [0.2, 0.25) is 0 Å². The number of carbonyl (C=O) groups is 1. The van der Waals surface area contributed by atoms with Gasteiger partial charge in [-0.25, -0.2) is 4.79 Å². The minimum Gasteiger partial charge on any atom is -0.491 e. The van der Waals surface area contributed by atoms with Crippen molar-refractivity contribution in [2.45, 2.75) is 6.10 Å². The van der Waals surface area contributed by atoms with Gasteiger partial charge < -0.3 is 18.9 Å². The first-order valence-corrected chi connectivity index (χ1v) is 7.45. The molecule has 5 heteroatoms. The van der Waals surface area contributed by atoms with Crippen LogP contribution in [0, 0.1) is 0 Å². The molecular weight excluding hydrogens is 296 g/mol. The minimum absolute atomic E-state index is 0.184. The lowest BCUT2D eigenvalue weighted by Gasteiger charge is -2.11. The van der Waals surface area contributed by atoms with E-state index in [0.29, 0.717) is 6.61 Å². The van der Waals surface area contributed by atoms with Gasteiger partial charge in [0.05, 0.1) is 6.61 Å². The molecule has 1 aliphatic heterocycles. The van der Waals surface area contributed by atoms with Crippen molar-refractivity contribution >= 4 is 16.7 Å². The van der Waals surface area contributed by atoms with E-state index >= 15 is 0 Å². The van der Waals surface area contributed by atoms with E-state index in [1.54, 1.807) is 0 Å². The zero-order valence-corrected chi connectivity index (χ0v) is 12.7. The van der Waals surface area contributed by atoms with Gasteiger partial charge in [0.1, 0.15) is 37.4 Å². The van der Waals surface area contributed by atoms with Crippen molar-refractivity contribution in [1.82, 2.24) is 0 Å². The van der Waals surface area contributed by atoms with Crippen molar-refractivity contribution in [3.05, 3.63) is 49.1 Å². The summed E-state index contributed by atoms with van der Waals surface area (Å²) in [5.41, 5.74) is 0. The lowest BCUT2D eigenvalue weighted by Crippen LogP contribution is -2.10. The fourth-order valence-corrected chi connectivity index (χ4v) is 2.15. The van der Waals surface area contributed by atoms with Gasteiger partial charge >= 0.3 is 5.97 Å². The molecule has 1 heterocycles. The van der Waals surface area contributed by atoms with Crippen molar-refractivity contribution in [3.63, 3.8) is 0 Å². The number of rotatable bonds is 8. The molecule has 1 atom stereocenters. The summed E-state index contributed by atoms with van der Waals surface area (Å²) < 4.78 is 21.4. The molecule has 1 saturated heterocycles. The maximum atomic E-state index is 11.0. The van der Waals surface area contributed by atoms with Gasteiger partial charge in [-0.1, -0.05) is 18.7 Å². The molecule has 0 aromatic heterocycles. The number of hydrogen-bond donors (Lipinski definition) is 0. The first-order valence-electron chi connectivity index (χ1n) is 7.45. The van der Waals surface area contributed by atoms with Gasteiger partial charge in [-0.05, 0) is 29.7 Å². The summed E-state index contributed by atoms with van der Waals surface area (Å²) in [7, 11) is 0. The lowest BCUT2D eigenvalue weighted by atomic mass is 10.1. The van der Waals surface area contributed by atoms with Crippen molar-refractivity contribution < 1.29 is 23.7 Å². The fraction of sp³-hybridized carbons (Fsp3) is 0.278. The SMILES string of the molecule is C=CC(=O)OCCOc1cccc2cc(OCC3CO3)ccc12. The van der Waals surface area contributed by atoms with Crippen molar-refractivity contribution in [2.24, 2.45) is 0 Å². The van der Waals surface area contributed by atoms with Crippen LogP contribution in [0.3, 0.4) is 0 Å². The van der Waals surface area contributed by atoms with E-state index in [1.807, 2.05) is 36.4 Å². The van der Waals surface area contributed by atoms with Crippen molar-refractivity contribution in [3.8, 4) is 11.5 Å². The summed E-state index contributed by atoms with van der Waals surface area (Å²) in [6.45, 7) is 5.17. The number of epoxide rings is 1. The van der Waals surface area contributed by atoms with Crippen LogP contribution >= 0.6 is 0 Å². The molecule has 0 aliphatic carbocycles. The van der Waals surface area contributed by atoms with Crippen LogP contribution in [-0.4, -0.2) is 38.5 Å². The Morgan fingerprint density at radius 3 is 2.91 bits per heavy atom. The van der Waals surface area contributed by atoms with Crippen molar-refractivity contribution in [1.29, 1.82) is 0 Å². The number of carbonyl (C=O) groups excluding carboxylic acids is 1. The Morgan fingerprint density at radius 1 is 1.26 bits per heavy atom. The van der Waals surface area contributed by atoms with Crippen LogP contribution in [0.25, 0.3) is 10.8 Å². The van der Waals surface area contributed by atoms with Crippen LogP contribution in [-0.2, 0) is 14.3 Å². The summed E-state index contributed by atoms with van der Waals surface area (Å²) in [6.07, 6.45) is 1.37. The molecule has 2 aromatic carbocycles. The number of hydrogen-bond acceptors (Lipinski definition) is 5. The first kappa shape index (κ1) is 15.4. The average molecular weight is 314 g/mol. The molecule has 0 bridgehead atoms. The molecule has 1 fully saturated rings. The van der Waals surface area contributed by atoms with Crippen LogP contribution in [0.5, 0.6) is 11.5 Å². The van der Waals surface area contributed by atoms with Crippen LogP contribution in [0.15, 0.2) is 49.1 Å². The van der Waals surface area contributed by atoms with Crippen molar-refractivity contribution in [2.75, 3.05) is 26.4 Å². The standard InChI is InChI=1S/C18H18O5/c1-2-18(19)21-9-8-20-17-5-3-4-13-10-14(6-7-16(13)17)22-11-15-12-23-15/h2-7,10,15H,1,8-9,11-12H2. The van der Waals surface area contributed by atoms with Gasteiger partial charge in [-0.15, -0.1) is 0 Å². The molecular formula is C18H18O5. The third-order valence-corrected chi connectivity index (χ3v) is 3.40. The van der Waals surface area contributed by atoms with Gasteiger partial charge in [-0.2, -0.15) is 0 Å². The van der Waals surface area contributed by atoms with E-state index in [2.05, 4.69) is 6.58 Å². The van der Waals surface area contributed by atoms with E-state index < -0.39 is 5.97 Å². The van der Waals surface area contributed by atoms with E-state index in [9.17, 15) is 4.79 Å². The Balaban J connectivity index is 1.63. The Bertz CT molecular complexity index is 706. The van der Waals surface area contributed by atoms with Crippen LogP contribution in [0.4, 0.5) is 0 Å². The van der Waals surface area contributed by atoms with E-state index in [0.717, 1.165) is 35.0 Å². The van der Waals surface area contributed by atoms with Gasteiger partial charge in [0.25, 0.3) is 0 Å². The van der Waals surface area contributed by atoms with E-state index in [4.69, 9.17) is 18.9 Å². The fourth-order valence-electron chi connectivity index (χ4n) is 2.15. The topological polar surface area (TPSA) is 57.3 Å². The molecule has 120 valence electrons. The average Bonchev–Trinajstić information content (AvgIpc) is 3.40. The molecule has 5 nitrogen and oxygen atoms in total. The largest absolute Gasteiger partial charge is 0.491 e. The second-order valence-corrected chi connectivity index (χ2v) is 5.13. The molecule has 0 saturated carbocycles. The second-order valence-electron chi connectivity index (χ2n) is 5.13. The molecule has 3 rings (SSSR count). The highest BCUT2D eigenvalue weighted by Crippen LogP contribution is 2.29. The van der Waals surface area contributed by atoms with Gasteiger partial charge in [-0.3, -0.25) is 0 Å². The third kappa shape index (κ3) is 4.23. The molecule has 2 aromatic rings. The Labute approximate surface area is 134 Å². The number of benzene rings is 2. The summed E-state index contributed by atoms with van der Waals surface area (Å²) >= 11 is 0. The second kappa shape index (κ2) is 7.15. The predicted molar refractivity (Wildman–Crippen MR) is 85.8 cm³/mol. The van der Waals surface area contributed by atoms with Crippen LogP contribution in [0.2, 0.25) is 0 Å². The third-order valence-electron chi connectivity index (χ3n) is 3.40. The summed E-state index contributed by atoms with van der Waals surface area (Å²) in [4.78, 5) is 11.0. The van der Waals surface area contributed by atoms with Crippen LogP contribution in [0.1, 0.15) is 0 Å². The Hall–Kier alpha value is -2.53. The normalized spacial score (nSPS) is 15.9. The molecule has 1 aliphatic rings. The van der Waals surface area contributed by atoms with Crippen LogP contribution < -0.4 is 9.47 Å². The van der Waals surface area contributed by atoms with Gasteiger partial charge in [0, 0.05) is 11.5 Å². The maximum Gasteiger partial charge on any atom is 0.330 e. The highest BCUT2D eigenvalue weighted by atomic mass is 16.6. The highest BCUT2D eigenvalue weighted by molar-refractivity contribution is 5.89. The first-order chi connectivity index (χ1) is 11.3. The summed E-state index contributed by atoms with van der Waals surface area (Å²) in [5, 5.41) is 2.01. The molecule has 0 amide bonds. The Morgan fingerprint density at radius 2 is 2.13 bits per heavy atom. The molecule has 0 radical (unpaired) electrons. The summed E-state index contributed by atoms with van der Waals surface area (Å²) in [6, 6.07) is 11.7. The molecule has 1 unspecified atom stereocenters. The smallest absolute Gasteiger partial charge is 0.330 e. The quantitative estimate of drug-likeness (QED) is 0.324. The molecule has 23 heavy (non-hydrogen) atoms. The van der Waals surface area contributed by atoms with Gasteiger partial charge in [0.15, 0.2) is 0 Å². The van der Waals surface area contributed by atoms with E-state index in [-0.39, 0.29) is 19.3 Å². The zero-order valence-electron chi connectivity index (χ0n) is 12.7. The monoisotopic (exact) mass is 314 g/mol. The summed E-state index contributed by atoms with van der Waals surface area (Å²) in [5.74, 6) is 1.10. The lowest BCUT2D eigenvalue weighted by molar-refractivity contribution is -0.138. The maximum absolute atomic E-state index is 11.0. The number of fused-ring (bicyclic) bond motifs is 1. The Kier molecular flexibility index (Phi) is 4.78. The molecule has 0 N–H and O–H groups in total. The predicted octanol–water partition coefficient (Wildman–Crippen LogP) is 2.73. The number of ether oxygens (including phenoxy) is 4. The van der Waals surface area contributed by atoms with E-state index in [1.165, 1.54) is 0 Å². The molecule has 0 spiro atoms. The highest BCUT2D eigenvalue weighted by Gasteiger charge is 2.23. The zero-order chi connectivity index (χ0) is 16.1.